The number of carboxylic acids is 1. The number of ether oxygens (including phenoxy) is 1. The van der Waals surface area contributed by atoms with Crippen molar-refractivity contribution in [3.05, 3.63) is 34.3 Å². The van der Waals surface area contributed by atoms with Crippen molar-refractivity contribution in [2.45, 2.75) is 0 Å². The SMILES string of the molecule is COC(=O)c1ccc(C(=O)C(=O)O)cc1Cl. The van der Waals surface area contributed by atoms with Crippen LogP contribution in [0.1, 0.15) is 20.7 Å². The minimum absolute atomic E-state index is 0.0287. The smallest absolute Gasteiger partial charge is 0.377 e. The lowest BCUT2D eigenvalue weighted by molar-refractivity contribution is -0.131. The maximum Gasteiger partial charge on any atom is 0.377 e. The van der Waals surface area contributed by atoms with Crippen LogP contribution in [0.5, 0.6) is 0 Å². The quantitative estimate of drug-likeness (QED) is 0.492. The average molecular weight is 243 g/mol. The molecule has 0 spiro atoms. The van der Waals surface area contributed by atoms with E-state index in [9.17, 15) is 14.4 Å². The zero-order valence-corrected chi connectivity index (χ0v) is 8.95. The lowest BCUT2D eigenvalue weighted by Gasteiger charge is -2.03. The van der Waals surface area contributed by atoms with Gasteiger partial charge < -0.3 is 9.84 Å². The Morgan fingerprint density at radius 3 is 2.38 bits per heavy atom. The Morgan fingerprint density at radius 2 is 1.94 bits per heavy atom. The first-order valence-electron chi connectivity index (χ1n) is 4.13. The maximum atomic E-state index is 11.1. The number of ketones is 1. The highest BCUT2D eigenvalue weighted by Gasteiger charge is 2.17. The molecule has 0 aromatic heterocycles. The lowest BCUT2D eigenvalue weighted by Crippen LogP contribution is -2.13. The third kappa shape index (κ3) is 2.38. The summed E-state index contributed by atoms with van der Waals surface area (Å²) < 4.78 is 4.44. The second kappa shape index (κ2) is 4.76. The Hall–Kier alpha value is -1.88. The number of Topliss-reactive ketones (excluding diaryl/α,β-unsaturated/α-hetero) is 1. The van der Waals surface area contributed by atoms with E-state index in [2.05, 4.69) is 4.74 Å². The number of carbonyl (C=O) groups is 3. The minimum Gasteiger partial charge on any atom is -0.475 e. The zero-order valence-electron chi connectivity index (χ0n) is 8.19. The highest BCUT2D eigenvalue weighted by Crippen LogP contribution is 2.19. The number of aliphatic carboxylic acids is 1. The molecule has 0 heterocycles. The van der Waals surface area contributed by atoms with E-state index in [1.165, 1.54) is 19.2 Å². The minimum atomic E-state index is -1.58. The van der Waals surface area contributed by atoms with E-state index in [4.69, 9.17) is 16.7 Å². The molecule has 0 atom stereocenters. The number of hydrogen-bond acceptors (Lipinski definition) is 4. The first kappa shape index (κ1) is 12.2. The van der Waals surface area contributed by atoms with Gasteiger partial charge in [0.25, 0.3) is 5.78 Å². The van der Waals surface area contributed by atoms with Crippen LogP contribution in [0, 0.1) is 0 Å². The molecule has 0 saturated carbocycles. The van der Waals surface area contributed by atoms with Crippen LogP contribution in [0.15, 0.2) is 18.2 Å². The van der Waals surface area contributed by atoms with Crippen molar-refractivity contribution in [2.24, 2.45) is 0 Å². The van der Waals surface area contributed by atoms with Crippen LogP contribution in [0.3, 0.4) is 0 Å². The van der Waals surface area contributed by atoms with Crippen LogP contribution in [0.4, 0.5) is 0 Å². The fraction of sp³-hybridized carbons (Fsp3) is 0.100. The Morgan fingerprint density at radius 1 is 1.31 bits per heavy atom. The van der Waals surface area contributed by atoms with E-state index in [1.807, 2.05) is 0 Å². The molecule has 1 aromatic rings. The molecule has 0 fully saturated rings. The van der Waals surface area contributed by atoms with Gasteiger partial charge in [0.2, 0.25) is 0 Å². The third-order valence-corrected chi connectivity index (χ3v) is 2.14. The molecule has 6 heteroatoms. The molecule has 1 rings (SSSR count). The van der Waals surface area contributed by atoms with Gasteiger partial charge in [-0.05, 0) is 18.2 Å². The molecular weight excluding hydrogens is 236 g/mol. The van der Waals surface area contributed by atoms with Gasteiger partial charge in [0.05, 0.1) is 17.7 Å². The number of carbonyl (C=O) groups excluding carboxylic acids is 2. The molecule has 0 unspecified atom stereocenters. The first-order chi connectivity index (χ1) is 7.47. The van der Waals surface area contributed by atoms with Crippen LogP contribution in [0.25, 0.3) is 0 Å². The summed E-state index contributed by atoms with van der Waals surface area (Å²) in [6, 6.07) is 3.56. The summed E-state index contributed by atoms with van der Waals surface area (Å²) in [4.78, 5) is 32.6. The topological polar surface area (TPSA) is 80.7 Å². The lowest BCUT2D eigenvalue weighted by atomic mass is 10.1. The van der Waals surface area contributed by atoms with Gasteiger partial charge >= 0.3 is 11.9 Å². The summed E-state index contributed by atoms with van der Waals surface area (Å²) in [5.41, 5.74) is -0.0174. The molecule has 0 amide bonds. The van der Waals surface area contributed by atoms with Crippen molar-refractivity contribution in [1.82, 2.24) is 0 Å². The van der Waals surface area contributed by atoms with Crippen LogP contribution >= 0.6 is 11.6 Å². The summed E-state index contributed by atoms with van der Waals surface area (Å²) in [6.45, 7) is 0. The highest BCUT2D eigenvalue weighted by atomic mass is 35.5. The highest BCUT2D eigenvalue weighted by molar-refractivity contribution is 6.41. The predicted octanol–water partition coefficient (Wildman–Crippen LogP) is 1.39. The molecule has 0 radical (unpaired) electrons. The van der Waals surface area contributed by atoms with Gasteiger partial charge in [-0.15, -0.1) is 0 Å². The number of esters is 1. The number of methoxy groups -OCH3 is 1. The van der Waals surface area contributed by atoms with Crippen molar-refractivity contribution in [3.8, 4) is 0 Å². The second-order valence-electron chi connectivity index (χ2n) is 2.82. The normalized spacial score (nSPS) is 9.62. The van der Waals surface area contributed by atoms with Crippen molar-refractivity contribution in [3.63, 3.8) is 0 Å². The van der Waals surface area contributed by atoms with Gasteiger partial charge in [0.1, 0.15) is 0 Å². The van der Waals surface area contributed by atoms with E-state index in [-0.39, 0.29) is 16.1 Å². The number of hydrogen-bond donors (Lipinski definition) is 1. The Balaban J connectivity index is 3.14. The van der Waals surface area contributed by atoms with Gasteiger partial charge in [0.15, 0.2) is 0 Å². The van der Waals surface area contributed by atoms with Gasteiger partial charge in [-0.3, -0.25) is 4.79 Å². The van der Waals surface area contributed by atoms with Crippen LogP contribution < -0.4 is 0 Å². The number of benzene rings is 1. The van der Waals surface area contributed by atoms with E-state index in [1.54, 1.807) is 0 Å². The van der Waals surface area contributed by atoms with Crippen molar-refractivity contribution in [2.75, 3.05) is 7.11 Å². The van der Waals surface area contributed by atoms with Crippen LogP contribution in [-0.2, 0) is 9.53 Å². The number of halogens is 1. The fourth-order valence-electron chi connectivity index (χ4n) is 1.06. The fourth-order valence-corrected chi connectivity index (χ4v) is 1.31. The monoisotopic (exact) mass is 242 g/mol. The molecular formula is C10H7ClO5. The molecule has 0 saturated heterocycles. The molecule has 1 N–H and O–H groups in total. The molecule has 0 aliphatic rings. The van der Waals surface area contributed by atoms with Crippen molar-refractivity contribution >= 4 is 29.3 Å². The van der Waals surface area contributed by atoms with E-state index in [0.717, 1.165) is 6.07 Å². The van der Waals surface area contributed by atoms with Crippen molar-refractivity contribution < 1.29 is 24.2 Å². The number of carboxylic acid groups (broad SMARTS) is 1. The van der Waals surface area contributed by atoms with Gasteiger partial charge in [-0.2, -0.15) is 0 Å². The Bertz CT molecular complexity index is 466. The van der Waals surface area contributed by atoms with Gasteiger partial charge in [0, 0.05) is 5.56 Å². The zero-order chi connectivity index (χ0) is 12.3. The molecule has 0 bridgehead atoms. The molecule has 5 nitrogen and oxygen atoms in total. The molecule has 0 aliphatic carbocycles. The summed E-state index contributed by atoms with van der Waals surface area (Å²) >= 11 is 5.71. The summed E-state index contributed by atoms with van der Waals surface area (Å²) in [6.07, 6.45) is 0. The molecule has 1 aromatic carbocycles. The standard InChI is InChI=1S/C10H7ClO5/c1-16-10(15)6-3-2-5(4-7(6)11)8(12)9(13)14/h2-4H,1H3,(H,13,14). The molecule has 84 valence electrons. The second-order valence-corrected chi connectivity index (χ2v) is 3.23. The molecule has 0 aliphatic heterocycles. The summed E-state index contributed by atoms with van der Waals surface area (Å²) in [5, 5.41) is 8.44. The van der Waals surface area contributed by atoms with E-state index in [0.29, 0.717) is 0 Å². The van der Waals surface area contributed by atoms with E-state index < -0.39 is 17.7 Å². The van der Waals surface area contributed by atoms with E-state index >= 15 is 0 Å². The third-order valence-electron chi connectivity index (χ3n) is 1.83. The van der Waals surface area contributed by atoms with Gasteiger partial charge in [-0.25, -0.2) is 9.59 Å². The average Bonchev–Trinajstić information content (AvgIpc) is 2.26. The predicted molar refractivity (Wildman–Crippen MR) is 54.8 cm³/mol. The largest absolute Gasteiger partial charge is 0.475 e. The summed E-state index contributed by atoms with van der Waals surface area (Å²) in [5.74, 6) is -3.32. The molecule has 16 heavy (non-hydrogen) atoms. The Kier molecular flexibility index (Phi) is 3.63. The van der Waals surface area contributed by atoms with Crippen molar-refractivity contribution in [1.29, 1.82) is 0 Å². The van der Waals surface area contributed by atoms with Gasteiger partial charge in [-0.1, -0.05) is 11.6 Å². The maximum absolute atomic E-state index is 11.1. The number of rotatable bonds is 3. The first-order valence-corrected chi connectivity index (χ1v) is 4.50. The van der Waals surface area contributed by atoms with Crippen LogP contribution in [-0.4, -0.2) is 29.9 Å². The van der Waals surface area contributed by atoms with Crippen LogP contribution in [0.2, 0.25) is 5.02 Å². The summed E-state index contributed by atoms with van der Waals surface area (Å²) in [7, 11) is 1.19. The Labute approximate surface area is 95.6 Å².